The largest absolute Gasteiger partial charge is 0.508 e. The van der Waals surface area contributed by atoms with Gasteiger partial charge in [0.05, 0.1) is 34.9 Å². The monoisotopic (exact) mass is 521 g/mol. The van der Waals surface area contributed by atoms with E-state index < -0.39 is 17.4 Å². The molecule has 198 valence electrons. The van der Waals surface area contributed by atoms with E-state index >= 15 is 0 Å². The number of fused-ring (bicyclic) bond motifs is 1. The first kappa shape index (κ1) is 25.5. The molecule has 4 aromatic rings. The van der Waals surface area contributed by atoms with E-state index in [-0.39, 0.29) is 41.1 Å². The molecule has 0 spiro atoms. The molecule has 38 heavy (non-hydrogen) atoms. The van der Waals surface area contributed by atoms with Crippen LogP contribution in [0.5, 0.6) is 5.75 Å². The standard InChI is InChI=1S/C27H29F2N7O2/c1-14-8-16(9-22(30)26(14)35(3)15(2)37)19-6-7-31-13-24(19)33-27-32-12-17-4-5-23(34-36(17)27)25-20(28)10-18(38)11-21(25)29/h4-7,10-14,16,22,26,38H,8-9,30H2,1-3H3,(H,32,33)/t14-,16+,22+,26-/m0/s1. The lowest BCUT2D eigenvalue weighted by molar-refractivity contribution is -0.131. The van der Waals surface area contributed by atoms with Crippen LogP contribution in [0.3, 0.4) is 0 Å². The van der Waals surface area contributed by atoms with E-state index in [1.807, 2.05) is 6.07 Å². The number of aromatic hydroxyl groups is 1. The quantitative estimate of drug-likeness (QED) is 0.360. The van der Waals surface area contributed by atoms with Crippen molar-refractivity contribution >= 4 is 23.1 Å². The molecule has 1 aromatic carbocycles. The number of hydrogen-bond acceptors (Lipinski definition) is 7. The van der Waals surface area contributed by atoms with E-state index in [1.54, 1.807) is 43.5 Å². The number of benzene rings is 1. The summed E-state index contributed by atoms with van der Waals surface area (Å²) in [5.41, 5.74) is 8.62. The van der Waals surface area contributed by atoms with E-state index in [0.29, 0.717) is 17.9 Å². The van der Waals surface area contributed by atoms with E-state index in [0.717, 1.165) is 29.8 Å². The highest BCUT2D eigenvalue weighted by atomic mass is 19.1. The van der Waals surface area contributed by atoms with Crippen LogP contribution in [-0.2, 0) is 4.79 Å². The number of pyridine rings is 1. The van der Waals surface area contributed by atoms with Gasteiger partial charge in [-0.1, -0.05) is 6.92 Å². The minimum absolute atomic E-state index is 0.00728. The summed E-state index contributed by atoms with van der Waals surface area (Å²) < 4.78 is 30.4. The summed E-state index contributed by atoms with van der Waals surface area (Å²) in [6.45, 7) is 3.66. The summed E-state index contributed by atoms with van der Waals surface area (Å²) in [7, 11) is 1.80. The topological polar surface area (TPSA) is 122 Å². The number of rotatable bonds is 5. The lowest BCUT2D eigenvalue weighted by Crippen LogP contribution is -2.54. The van der Waals surface area contributed by atoms with Crippen molar-refractivity contribution in [1.82, 2.24) is 24.5 Å². The lowest BCUT2D eigenvalue weighted by Gasteiger charge is -2.43. The van der Waals surface area contributed by atoms with Crippen molar-refractivity contribution in [2.75, 3.05) is 12.4 Å². The number of likely N-dealkylation sites (N-methyl/N-ethyl adjacent to an activating group) is 1. The fourth-order valence-corrected chi connectivity index (χ4v) is 5.60. The molecule has 0 saturated heterocycles. The third-order valence-corrected chi connectivity index (χ3v) is 7.39. The van der Waals surface area contributed by atoms with Crippen LogP contribution in [0.2, 0.25) is 0 Å². The summed E-state index contributed by atoms with van der Waals surface area (Å²) in [6.07, 6.45) is 6.54. The molecule has 0 radical (unpaired) electrons. The molecule has 1 amide bonds. The van der Waals surface area contributed by atoms with Crippen molar-refractivity contribution in [1.29, 1.82) is 0 Å². The van der Waals surface area contributed by atoms with Crippen LogP contribution in [-0.4, -0.2) is 54.6 Å². The van der Waals surface area contributed by atoms with Crippen molar-refractivity contribution in [2.24, 2.45) is 11.7 Å². The maximum atomic E-state index is 14.5. The number of phenols is 1. The first-order valence-corrected chi connectivity index (χ1v) is 12.4. The number of carbonyl (C=O) groups excluding carboxylic acids is 1. The van der Waals surface area contributed by atoms with Crippen LogP contribution in [0.1, 0.15) is 38.2 Å². The summed E-state index contributed by atoms with van der Waals surface area (Å²) in [5.74, 6) is -1.70. The molecule has 4 atom stereocenters. The highest BCUT2D eigenvalue weighted by Crippen LogP contribution is 2.40. The number of carbonyl (C=O) groups is 1. The number of nitrogens with zero attached hydrogens (tertiary/aromatic N) is 5. The highest BCUT2D eigenvalue weighted by Gasteiger charge is 2.38. The molecule has 3 heterocycles. The Bertz CT molecular complexity index is 1470. The number of halogens is 2. The number of phenolic OH excluding ortho intramolecular Hbond substituents is 1. The highest BCUT2D eigenvalue weighted by molar-refractivity contribution is 5.73. The summed E-state index contributed by atoms with van der Waals surface area (Å²) in [4.78, 5) is 22.4. The van der Waals surface area contributed by atoms with Gasteiger partial charge in [0, 0.05) is 44.4 Å². The molecule has 1 aliphatic rings. The molecule has 0 aliphatic heterocycles. The fraction of sp³-hybridized carbons (Fsp3) is 0.333. The molecule has 9 nitrogen and oxygen atoms in total. The number of imidazole rings is 1. The average molecular weight is 522 g/mol. The smallest absolute Gasteiger partial charge is 0.229 e. The van der Waals surface area contributed by atoms with Gasteiger partial charge >= 0.3 is 0 Å². The zero-order valence-electron chi connectivity index (χ0n) is 21.3. The van der Waals surface area contributed by atoms with Gasteiger partial charge in [0.15, 0.2) is 0 Å². The maximum absolute atomic E-state index is 14.5. The number of aromatic nitrogens is 4. The molecule has 0 bridgehead atoms. The first-order chi connectivity index (χ1) is 18.1. The van der Waals surface area contributed by atoms with E-state index in [1.165, 1.54) is 10.6 Å². The van der Waals surface area contributed by atoms with E-state index in [4.69, 9.17) is 5.73 Å². The fourth-order valence-electron chi connectivity index (χ4n) is 5.60. The van der Waals surface area contributed by atoms with Gasteiger partial charge < -0.3 is 21.1 Å². The molecule has 0 unspecified atom stereocenters. The van der Waals surface area contributed by atoms with Crippen molar-refractivity contribution in [3.05, 3.63) is 66.1 Å². The minimum Gasteiger partial charge on any atom is -0.508 e. The number of nitrogens with two attached hydrogens (primary N) is 1. The predicted molar refractivity (Wildman–Crippen MR) is 139 cm³/mol. The van der Waals surface area contributed by atoms with Gasteiger partial charge in [-0.2, -0.15) is 9.61 Å². The molecular weight excluding hydrogens is 492 g/mol. The van der Waals surface area contributed by atoms with Gasteiger partial charge in [-0.05, 0) is 48.4 Å². The van der Waals surface area contributed by atoms with Crippen LogP contribution in [0.15, 0.2) is 48.9 Å². The van der Waals surface area contributed by atoms with Crippen LogP contribution in [0, 0.1) is 17.6 Å². The summed E-state index contributed by atoms with van der Waals surface area (Å²) >= 11 is 0. The van der Waals surface area contributed by atoms with Crippen LogP contribution >= 0.6 is 0 Å². The van der Waals surface area contributed by atoms with Crippen molar-refractivity contribution in [2.45, 2.75) is 44.7 Å². The maximum Gasteiger partial charge on any atom is 0.229 e. The second kappa shape index (κ2) is 9.97. The Morgan fingerprint density at radius 1 is 1.18 bits per heavy atom. The van der Waals surface area contributed by atoms with E-state index in [2.05, 4.69) is 27.3 Å². The van der Waals surface area contributed by atoms with Gasteiger partial charge in [0.25, 0.3) is 0 Å². The summed E-state index contributed by atoms with van der Waals surface area (Å²) in [6, 6.07) is 6.55. The Labute approximate surface area is 218 Å². The number of hydrogen-bond donors (Lipinski definition) is 3. The van der Waals surface area contributed by atoms with Crippen LogP contribution in [0.25, 0.3) is 16.8 Å². The van der Waals surface area contributed by atoms with Crippen LogP contribution < -0.4 is 11.1 Å². The Hall–Kier alpha value is -4.12. The van der Waals surface area contributed by atoms with Gasteiger partial charge in [-0.15, -0.1) is 0 Å². The molecule has 4 N–H and O–H groups in total. The van der Waals surface area contributed by atoms with E-state index in [9.17, 15) is 18.7 Å². The third-order valence-electron chi connectivity index (χ3n) is 7.39. The zero-order chi connectivity index (χ0) is 27.1. The van der Waals surface area contributed by atoms with Crippen molar-refractivity contribution < 1.29 is 18.7 Å². The summed E-state index contributed by atoms with van der Waals surface area (Å²) in [5, 5.41) is 17.2. The van der Waals surface area contributed by atoms with Crippen LogP contribution in [0.4, 0.5) is 20.4 Å². The van der Waals surface area contributed by atoms with Gasteiger partial charge in [0.1, 0.15) is 17.4 Å². The van der Waals surface area contributed by atoms with Crippen molar-refractivity contribution in [3.8, 4) is 17.0 Å². The van der Waals surface area contributed by atoms with Gasteiger partial charge in [-0.3, -0.25) is 9.78 Å². The average Bonchev–Trinajstić information content (AvgIpc) is 3.25. The Kier molecular flexibility index (Phi) is 6.70. The third kappa shape index (κ3) is 4.65. The molecule has 1 fully saturated rings. The van der Waals surface area contributed by atoms with Crippen molar-refractivity contribution in [3.63, 3.8) is 0 Å². The molecule has 11 heteroatoms. The lowest BCUT2D eigenvalue weighted by atomic mass is 9.73. The molecular formula is C27H29F2N7O2. The number of amides is 1. The molecule has 1 aliphatic carbocycles. The Morgan fingerprint density at radius 3 is 2.61 bits per heavy atom. The Balaban J connectivity index is 1.46. The second-order valence-corrected chi connectivity index (χ2v) is 9.94. The minimum atomic E-state index is -0.921. The second-order valence-electron chi connectivity index (χ2n) is 9.94. The SMILES string of the molecule is CC(=O)N(C)[C@@H]1[C@H](N)C[C@H](c2ccncc2Nc2ncc3ccc(-c4c(F)cc(O)cc4F)nn23)C[C@@H]1C. The molecule has 3 aromatic heterocycles. The zero-order valence-corrected chi connectivity index (χ0v) is 21.3. The molecule has 5 rings (SSSR count). The number of anilines is 2. The van der Waals surface area contributed by atoms with Gasteiger partial charge in [0.2, 0.25) is 11.9 Å². The Morgan fingerprint density at radius 2 is 1.92 bits per heavy atom. The van der Waals surface area contributed by atoms with Gasteiger partial charge in [-0.25, -0.2) is 13.8 Å². The predicted octanol–water partition coefficient (Wildman–Crippen LogP) is 4.21. The normalized spacial score (nSPS) is 21.4. The first-order valence-electron chi connectivity index (χ1n) is 12.4. The molecule has 1 saturated carbocycles. The number of nitrogens with one attached hydrogen (secondary N) is 1.